The van der Waals surface area contributed by atoms with Crippen molar-refractivity contribution >= 4 is 29.2 Å². The van der Waals surface area contributed by atoms with Crippen LogP contribution in [0.25, 0.3) is 5.57 Å². The van der Waals surface area contributed by atoms with Crippen LogP contribution < -0.4 is 9.67 Å². The Morgan fingerprint density at radius 3 is 3.00 bits per heavy atom. The summed E-state index contributed by atoms with van der Waals surface area (Å²) in [6.07, 6.45) is 4.21. The number of H-pyrrole nitrogens is 1. The zero-order valence-electron chi connectivity index (χ0n) is 13.9. The van der Waals surface area contributed by atoms with Gasteiger partial charge in [-0.25, -0.2) is 4.57 Å². The summed E-state index contributed by atoms with van der Waals surface area (Å²) in [6, 6.07) is 5.94. The summed E-state index contributed by atoms with van der Waals surface area (Å²) in [5.74, 6) is -1.66. The number of rotatable bonds is 5. The number of aryl methyl sites for hydroxylation is 2. The Morgan fingerprint density at radius 2 is 2.31 bits per heavy atom. The number of nitrogens with zero attached hydrogens (tertiary/aromatic N) is 4. The van der Waals surface area contributed by atoms with E-state index in [0.717, 1.165) is 11.3 Å². The van der Waals surface area contributed by atoms with E-state index in [4.69, 9.17) is 0 Å². The lowest BCUT2D eigenvalue weighted by Gasteiger charge is -2.39. The molecule has 0 radical (unpaired) electrons. The lowest BCUT2D eigenvalue weighted by molar-refractivity contribution is -0.701. The molecule has 132 valence electrons. The molecular formula is C17H15N5O3S. The Hall–Kier alpha value is -2.94. The van der Waals surface area contributed by atoms with Gasteiger partial charge in [-0.2, -0.15) is 0 Å². The van der Waals surface area contributed by atoms with E-state index in [1.165, 1.54) is 22.1 Å². The maximum atomic E-state index is 12.6. The normalized spacial score (nSPS) is 20.5. The monoisotopic (exact) mass is 369 g/mol. The molecule has 1 atom stereocenters. The molecule has 9 heteroatoms. The van der Waals surface area contributed by atoms with Crippen molar-refractivity contribution < 1.29 is 19.3 Å². The molecule has 2 aliphatic heterocycles. The Balaban J connectivity index is 1.65. The van der Waals surface area contributed by atoms with Crippen molar-refractivity contribution in [3.05, 3.63) is 58.7 Å². The third-order valence-electron chi connectivity index (χ3n) is 4.53. The van der Waals surface area contributed by atoms with Gasteiger partial charge >= 0.3 is 0 Å². The SMILES string of the molecule is Cc1cccc[n+]1CC/C(=C1\C(=O)N2C(C(=O)[O-])=CS[C@H]12)c1c[nH]nn1. The zero-order chi connectivity index (χ0) is 18.3. The van der Waals surface area contributed by atoms with Crippen LogP contribution in [0.3, 0.4) is 0 Å². The molecule has 2 aliphatic rings. The van der Waals surface area contributed by atoms with Crippen LogP contribution in [0, 0.1) is 6.92 Å². The van der Waals surface area contributed by atoms with Crippen LogP contribution in [0.5, 0.6) is 0 Å². The summed E-state index contributed by atoms with van der Waals surface area (Å²) in [7, 11) is 0. The maximum absolute atomic E-state index is 12.6. The lowest BCUT2D eigenvalue weighted by Crippen LogP contribution is -2.53. The van der Waals surface area contributed by atoms with Crippen LogP contribution in [0.15, 0.2) is 47.3 Å². The van der Waals surface area contributed by atoms with Crippen molar-refractivity contribution in [2.45, 2.75) is 25.3 Å². The second-order valence-electron chi connectivity index (χ2n) is 5.99. The summed E-state index contributed by atoms with van der Waals surface area (Å²) in [4.78, 5) is 25.0. The highest BCUT2D eigenvalue weighted by Gasteiger charge is 2.49. The van der Waals surface area contributed by atoms with Gasteiger partial charge in [0.1, 0.15) is 11.1 Å². The van der Waals surface area contributed by atoms with Crippen molar-refractivity contribution in [3.8, 4) is 0 Å². The van der Waals surface area contributed by atoms with Gasteiger partial charge in [0, 0.05) is 31.7 Å². The van der Waals surface area contributed by atoms with E-state index in [1.54, 1.807) is 6.20 Å². The van der Waals surface area contributed by atoms with Gasteiger partial charge in [-0.15, -0.1) is 16.9 Å². The lowest BCUT2D eigenvalue weighted by atomic mass is 9.94. The smallest absolute Gasteiger partial charge is 0.258 e. The molecule has 2 aromatic rings. The number of β-lactam (4-membered cyclic amide) rings is 1. The van der Waals surface area contributed by atoms with E-state index in [1.807, 2.05) is 31.3 Å². The average molecular weight is 369 g/mol. The molecule has 26 heavy (non-hydrogen) atoms. The fourth-order valence-corrected chi connectivity index (χ4v) is 4.35. The first kappa shape index (κ1) is 16.5. The minimum Gasteiger partial charge on any atom is -0.543 e. The maximum Gasteiger partial charge on any atom is 0.258 e. The molecule has 2 aromatic heterocycles. The first-order valence-electron chi connectivity index (χ1n) is 8.03. The van der Waals surface area contributed by atoms with Crippen LogP contribution in [-0.2, 0) is 16.1 Å². The number of carbonyl (C=O) groups excluding carboxylic acids is 2. The van der Waals surface area contributed by atoms with Crippen LogP contribution in [0.1, 0.15) is 17.8 Å². The number of carboxylic acids is 1. The van der Waals surface area contributed by atoms with Gasteiger partial charge in [-0.1, -0.05) is 11.3 Å². The van der Waals surface area contributed by atoms with E-state index in [9.17, 15) is 14.7 Å². The van der Waals surface area contributed by atoms with E-state index >= 15 is 0 Å². The third kappa shape index (κ3) is 2.60. The van der Waals surface area contributed by atoms with Crippen LogP contribution >= 0.6 is 11.8 Å². The number of pyridine rings is 1. The second kappa shape index (κ2) is 6.41. The first-order valence-corrected chi connectivity index (χ1v) is 8.97. The van der Waals surface area contributed by atoms with Gasteiger partial charge < -0.3 is 9.90 Å². The van der Waals surface area contributed by atoms with Gasteiger partial charge in [-0.05, 0) is 11.0 Å². The topological polar surface area (TPSA) is 106 Å². The molecule has 0 saturated carbocycles. The van der Waals surface area contributed by atoms with Crippen LogP contribution in [0.2, 0.25) is 0 Å². The van der Waals surface area contributed by atoms with E-state index in [0.29, 0.717) is 24.2 Å². The highest BCUT2D eigenvalue weighted by atomic mass is 32.2. The predicted octanol–water partition coefficient (Wildman–Crippen LogP) is -0.249. The van der Waals surface area contributed by atoms with Crippen LogP contribution in [-0.4, -0.2) is 37.6 Å². The number of aromatic amines is 1. The molecule has 0 aromatic carbocycles. The highest BCUT2D eigenvalue weighted by molar-refractivity contribution is 8.03. The summed E-state index contributed by atoms with van der Waals surface area (Å²) in [6.45, 7) is 2.69. The van der Waals surface area contributed by atoms with E-state index < -0.39 is 5.97 Å². The standard InChI is InChI=1S/C17H15N5O3S/c1-10-4-2-3-6-21(10)7-5-11(12-8-18-20-19-12)14-15(23)22-13(17(24)25)9-26-16(14)22/h2-4,6,8-9,16H,5,7H2,1H3,(H-,18,19,20,23,24,25)/t16-/m1/s1. The van der Waals surface area contributed by atoms with Gasteiger partial charge in [0.2, 0.25) is 0 Å². The predicted molar refractivity (Wildman–Crippen MR) is 90.6 cm³/mol. The number of aromatic nitrogens is 4. The summed E-state index contributed by atoms with van der Waals surface area (Å²) in [5, 5.41) is 22.8. The first-order chi connectivity index (χ1) is 12.6. The Morgan fingerprint density at radius 1 is 1.46 bits per heavy atom. The largest absolute Gasteiger partial charge is 0.543 e. The number of hydrogen-bond donors (Lipinski definition) is 1. The fraction of sp³-hybridized carbons (Fsp3) is 0.235. The Labute approximate surface area is 153 Å². The number of carboxylic acid groups (broad SMARTS) is 1. The van der Waals surface area contributed by atoms with Crippen molar-refractivity contribution in [1.82, 2.24) is 20.3 Å². The molecule has 1 N–H and O–H groups in total. The summed E-state index contributed by atoms with van der Waals surface area (Å²) in [5.41, 5.74) is 2.98. The van der Waals surface area contributed by atoms with Crippen molar-refractivity contribution in [2.75, 3.05) is 0 Å². The third-order valence-corrected chi connectivity index (χ3v) is 5.59. The molecule has 1 amide bonds. The van der Waals surface area contributed by atoms with E-state index in [2.05, 4.69) is 20.0 Å². The van der Waals surface area contributed by atoms with Crippen molar-refractivity contribution in [2.24, 2.45) is 0 Å². The van der Waals surface area contributed by atoms with E-state index in [-0.39, 0.29) is 17.0 Å². The van der Waals surface area contributed by atoms with Gasteiger partial charge in [0.05, 0.1) is 17.2 Å². The molecule has 4 heterocycles. The molecule has 0 unspecified atom stereocenters. The van der Waals surface area contributed by atoms with Gasteiger partial charge in [-0.3, -0.25) is 14.8 Å². The molecular weight excluding hydrogens is 354 g/mol. The Bertz CT molecular complexity index is 951. The highest BCUT2D eigenvalue weighted by Crippen LogP contribution is 2.47. The molecule has 0 aliphatic carbocycles. The van der Waals surface area contributed by atoms with Crippen molar-refractivity contribution in [3.63, 3.8) is 0 Å². The van der Waals surface area contributed by atoms with Gasteiger partial charge in [0.25, 0.3) is 5.91 Å². The van der Waals surface area contributed by atoms with Crippen molar-refractivity contribution in [1.29, 1.82) is 0 Å². The molecule has 4 rings (SSSR count). The molecule has 0 bridgehead atoms. The van der Waals surface area contributed by atoms with Gasteiger partial charge in [0.15, 0.2) is 18.4 Å². The number of carbonyl (C=O) groups is 2. The number of nitrogens with one attached hydrogen (secondary N) is 1. The Kier molecular flexibility index (Phi) is 4.08. The number of thioether (sulfide) groups is 1. The molecule has 1 saturated heterocycles. The zero-order valence-corrected chi connectivity index (χ0v) is 14.7. The average Bonchev–Trinajstić information content (AvgIpc) is 3.27. The number of allylic oxidation sites excluding steroid dienone is 1. The minimum absolute atomic E-state index is 0.0819. The van der Waals surface area contributed by atoms with Crippen LogP contribution in [0.4, 0.5) is 0 Å². The number of amides is 1. The number of hydrogen-bond acceptors (Lipinski definition) is 6. The fourth-order valence-electron chi connectivity index (χ4n) is 3.17. The molecule has 1 fully saturated rings. The second-order valence-corrected chi connectivity index (χ2v) is 6.94. The summed E-state index contributed by atoms with van der Waals surface area (Å²) >= 11 is 1.29. The molecule has 8 nitrogen and oxygen atoms in total. The number of aliphatic carboxylic acids is 1. The quantitative estimate of drug-likeness (QED) is 0.443. The number of fused-ring (bicyclic) bond motifs is 1. The summed E-state index contributed by atoms with van der Waals surface area (Å²) < 4.78 is 2.09. The minimum atomic E-state index is -1.34. The molecule has 0 spiro atoms.